The molecule has 8 heteroatoms. The first kappa shape index (κ1) is 21.4. The Bertz CT molecular complexity index is 828. The van der Waals surface area contributed by atoms with Gasteiger partial charge in [0.2, 0.25) is 0 Å². The molecule has 0 atom stereocenters. The van der Waals surface area contributed by atoms with Gasteiger partial charge in [0.05, 0.1) is 18.8 Å². The Morgan fingerprint density at radius 2 is 1.61 bits per heavy atom. The summed E-state index contributed by atoms with van der Waals surface area (Å²) in [4.78, 5) is 36.6. The van der Waals surface area contributed by atoms with Crippen molar-refractivity contribution in [1.82, 2.24) is 0 Å². The molecule has 0 saturated carbocycles. The SMILES string of the molecule is CCOC(=O)c1csc(NC(=O)COc2ccc(CC)cc2)c1C(=O)OCC. The molecular weight excluding hydrogens is 382 g/mol. The molecule has 2 rings (SSSR count). The van der Waals surface area contributed by atoms with E-state index in [1.807, 2.05) is 12.1 Å². The molecule has 0 aliphatic rings. The number of amides is 1. The highest BCUT2D eigenvalue weighted by molar-refractivity contribution is 7.15. The van der Waals surface area contributed by atoms with Gasteiger partial charge in [-0.2, -0.15) is 0 Å². The Morgan fingerprint density at radius 3 is 2.21 bits per heavy atom. The number of ether oxygens (including phenoxy) is 3. The van der Waals surface area contributed by atoms with Crippen molar-refractivity contribution in [2.24, 2.45) is 0 Å². The monoisotopic (exact) mass is 405 g/mol. The van der Waals surface area contributed by atoms with Crippen LogP contribution in [0.2, 0.25) is 0 Å². The van der Waals surface area contributed by atoms with Gasteiger partial charge >= 0.3 is 11.9 Å². The molecule has 28 heavy (non-hydrogen) atoms. The van der Waals surface area contributed by atoms with Gasteiger partial charge in [-0.3, -0.25) is 4.79 Å². The summed E-state index contributed by atoms with van der Waals surface area (Å²) in [7, 11) is 0. The molecular formula is C20H23NO6S. The van der Waals surface area contributed by atoms with Gasteiger partial charge in [0.1, 0.15) is 16.3 Å². The van der Waals surface area contributed by atoms with Gasteiger partial charge in [-0.15, -0.1) is 11.3 Å². The predicted molar refractivity (Wildman–Crippen MR) is 106 cm³/mol. The summed E-state index contributed by atoms with van der Waals surface area (Å²) in [5, 5.41) is 4.29. The van der Waals surface area contributed by atoms with Crippen molar-refractivity contribution < 1.29 is 28.6 Å². The number of benzene rings is 1. The quantitative estimate of drug-likeness (QED) is 0.640. The van der Waals surface area contributed by atoms with Crippen LogP contribution in [0.1, 0.15) is 47.1 Å². The highest BCUT2D eigenvalue weighted by atomic mass is 32.1. The van der Waals surface area contributed by atoms with Crippen LogP contribution in [-0.4, -0.2) is 37.7 Å². The van der Waals surface area contributed by atoms with Gasteiger partial charge in [0.15, 0.2) is 6.61 Å². The van der Waals surface area contributed by atoms with Crippen molar-refractivity contribution in [3.8, 4) is 5.75 Å². The van der Waals surface area contributed by atoms with E-state index in [9.17, 15) is 14.4 Å². The molecule has 0 unspecified atom stereocenters. The number of anilines is 1. The standard InChI is InChI=1S/C20H23NO6S/c1-4-13-7-9-14(10-8-13)27-11-16(22)21-18-17(20(24)26-6-3)15(12-28-18)19(23)25-5-2/h7-10,12H,4-6,11H2,1-3H3,(H,21,22). The number of hydrogen-bond acceptors (Lipinski definition) is 7. The zero-order valence-corrected chi connectivity index (χ0v) is 16.9. The van der Waals surface area contributed by atoms with Crippen LogP contribution < -0.4 is 10.1 Å². The van der Waals surface area contributed by atoms with Crippen molar-refractivity contribution in [2.75, 3.05) is 25.1 Å². The first-order chi connectivity index (χ1) is 13.5. The molecule has 1 N–H and O–H groups in total. The van der Waals surface area contributed by atoms with E-state index in [1.165, 1.54) is 10.9 Å². The molecule has 0 aliphatic carbocycles. The molecule has 0 bridgehead atoms. The third-order valence-corrected chi connectivity index (χ3v) is 4.62. The van der Waals surface area contributed by atoms with Crippen molar-refractivity contribution in [3.05, 3.63) is 46.3 Å². The summed E-state index contributed by atoms with van der Waals surface area (Å²) < 4.78 is 15.4. The zero-order chi connectivity index (χ0) is 20.5. The lowest BCUT2D eigenvalue weighted by atomic mass is 10.2. The first-order valence-corrected chi connectivity index (χ1v) is 9.85. The maximum atomic E-state index is 12.3. The van der Waals surface area contributed by atoms with Crippen LogP contribution in [0.5, 0.6) is 5.75 Å². The van der Waals surface area contributed by atoms with Crippen LogP contribution in [-0.2, 0) is 20.7 Å². The minimum atomic E-state index is -0.696. The summed E-state index contributed by atoms with van der Waals surface area (Å²) >= 11 is 1.05. The molecule has 0 radical (unpaired) electrons. The number of rotatable bonds is 9. The molecule has 7 nitrogen and oxygen atoms in total. The highest BCUT2D eigenvalue weighted by Crippen LogP contribution is 2.30. The topological polar surface area (TPSA) is 90.9 Å². The molecule has 150 valence electrons. The zero-order valence-electron chi connectivity index (χ0n) is 16.1. The van der Waals surface area contributed by atoms with Crippen LogP contribution in [0.15, 0.2) is 29.6 Å². The normalized spacial score (nSPS) is 10.2. The average molecular weight is 405 g/mol. The summed E-state index contributed by atoms with van der Waals surface area (Å²) in [5.41, 5.74) is 1.23. The summed E-state index contributed by atoms with van der Waals surface area (Å²) in [5.74, 6) is -1.23. The average Bonchev–Trinajstić information content (AvgIpc) is 3.11. The second kappa shape index (κ2) is 10.5. The number of aryl methyl sites for hydroxylation is 1. The third kappa shape index (κ3) is 5.56. The molecule has 0 fully saturated rings. The van der Waals surface area contributed by atoms with Gasteiger partial charge in [-0.25, -0.2) is 9.59 Å². The molecule has 1 heterocycles. The van der Waals surface area contributed by atoms with E-state index in [1.54, 1.807) is 26.0 Å². The van der Waals surface area contributed by atoms with Gasteiger partial charge < -0.3 is 19.5 Å². The second-order valence-corrected chi connectivity index (χ2v) is 6.51. The predicted octanol–water partition coefficient (Wildman–Crippen LogP) is 3.68. The Kier molecular flexibility index (Phi) is 8.01. The number of thiophene rings is 1. The van der Waals surface area contributed by atoms with Crippen molar-refractivity contribution in [2.45, 2.75) is 27.2 Å². The summed E-state index contributed by atoms with van der Waals surface area (Å²) in [6.07, 6.45) is 0.915. The van der Waals surface area contributed by atoms with Crippen molar-refractivity contribution >= 4 is 34.2 Å². The van der Waals surface area contributed by atoms with Crippen LogP contribution >= 0.6 is 11.3 Å². The van der Waals surface area contributed by atoms with Crippen molar-refractivity contribution in [1.29, 1.82) is 0 Å². The number of carbonyl (C=O) groups is 3. The Hall–Kier alpha value is -2.87. The van der Waals surface area contributed by atoms with Gasteiger partial charge in [-0.05, 0) is 38.0 Å². The minimum absolute atomic E-state index is 0.00838. The maximum absolute atomic E-state index is 12.3. The molecule has 1 amide bonds. The molecule has 0 aliphatic heterocycles. The largest absolute Gasteiger partial charge is 0.484 e. The lowest BCUT2D eigenvalue weighted by Gasteiger charge is -2.09. The Balaban J connectivity index is 2.09. The number of esters is 2. The highest BCUT2D eigenvalue weighted by Gasteiger charge is 2.26. The first-order valence-electron chi connectivity index (χ1n) is 8.97. The summed E-state index contributed by atoms with van der Waals surface area (Å²) in [6.45, 7) is 5.45. The third-order valence-electron chi connectivity index (χ3n) is 3.72. The van der Waals surface area contributed by atoms with E-state index in [0.29, 0.717) is 5.75 Å². The fourth-order valence-electron chi connectivity index (χ4n) is 2.35. The molecule has 1 aromatic heterocycles. The number of nitrogens with one attached hydrogen (secondary N) is 1. The fourth-order valence-corrected chi connectivity index (χ4v) is 3.28. The van der Waals surface area contributed by atoms with Gasteiger partial charge in [0.25, 0.3) is 5.91 Å². The lowest BCUT2D eigenvalue weighted by Crippen LogP contribution is -2.22. The fraction of sp³-hybridized carbons (Fsp3) is 0.350. The lowest BCUT2D eigenvalue weighted by molar-refractivity contribution is -0.118. The second-order valence-electron chi connectivity index (χ2n) is 5.63. The van der Waals surface area contributed by atoms with Gasteiger partial charge in [0, 0.05) is 5.38 Å². The summed E-state index contributed by atoms with van der Waals surface area (Å²) in [6, 6.07) is 7.44. The van der Waals surface area contributed by atoms with E-state index < -0.39 is 17.8 Å². The molecule has 0 spiro atoms. The minimum Gasteiger partial charge on any atom is -0.484 e. The van der Waals surface area contributed by atoms with Crippen LogP contribution in [0.25, 0.3) is 0 Å². The van der Waals surface area contributed by atoms with Gasteiger partial charge in [-0.1, -0.05) is 19.1 Å². The van der Waals surface area contributed by atoms with Crippen LogP contribution in [0, 0.1) is 0 Å². The Labute approximate surface area is 167 Å². The van der Waals surface area contributed by atoms with Crippen LogP contribution in [0.4, 0.5) is 5.00 Å². The molecule has 2 aromatic rings. The smallest absolute Gasteiger partial charge is 0.342 e. The van der Waals surface area contributed by atoms with Crippen molar-refractivity contribution in [3.63, 3.8) is 0 Å². The van der Waals surface area contributed by atoms with E-state index in [2.05, 4.69) is 12.2 Å². The van der Waals surface area contributed by atoms with E-state index in [4.69, 9.17) is 14.2 Å². The molecule has 0 saturated heterocycles. The Morgan fingerprint density at radius 1 is 0.964 bits per heavy atom. The number of carbonyl (C=O) groups excluding carboxylic acids is 3. The van der Waals surface area contributed by atoms with E-state index in [0.717, 1.165) is 17.8 Å². The van der Waals surface area contributed by atoms with E-state index >= 15 is 0 Å². The maximum Gasteiger partial charge on any atom is 0.342 e. The van der Waals surface area contributed by atoms with Crippen LogP contribution in [0.3, 0.4) is 0 Å². The molecule has 1 aromatic carbocycles. The number of hydrogen-bond donors (Lipinski definition) is 1. The van der Waals surface area contributed by atoms with E-state index in [-0.39, 0.29) is 35.9 Å².